The molecule has 1 heterocycles. The number of rotatable bonds is 6. The highest BCUT2D eigenvalue weighted by molar-refractivity contribution is 5.92. The predicted octanol–water partition coefficient (Wildman–Crippen LogP) is 6.33. The van der Waals surface area contributed by atoms with E-state index in [1.807, 2.05) is 24.3 Å². The summed E-state index contributed by atoms with van der Waals surface area (Å²) in [4.78, 5) is 41.7. The van der Waals surface area contributed by atoms with E-state index >= 15 is 0 Å². The third-order valence-electron chi connectivity index (χ3n) is 4.99. The highest BCUT2D eigenvalue weighted by Gasteiger charge is 2.24. The zero-order valence-electron chi connectivity index (χ0n) is 23.0. The molecule has 0 aliphatic carbocycles. The van der Waals surface area contributed by atoms with Crippen LogP contribution in [0, 0.1) is 0 Å². The third kappa shape index (κ3) is 8.19. The molecule has 2 aromatic carbocycles. The van der Waals surface area contributed by atoms with Gasteiger partial charge in [0.15, 0.2) is 0 Å². The van der Waals surface area contributed by atoms with Crippen molar-refractivity contribution in [2.75, 3.05) is 11.9 Å². The van der Waals surface area contributed by atoms with Crippen molar-refractivity contribution < 1.29 is 28.6 Å². The van der Waals surface area contributed by atoms with Crippen LogP contribution in [0.15, 0.2) is 48.5 Å². The average molecular weight is 522 g/mol. The lowest BCUT2D eigenvalue weighted by atomic mass is 10.1. The van der Waals surface area contributed by atoms with Crippen LogP contribution in [-0.2, 0) is 25.4 Å². The SMILES string of the molecule is CCOC(=O)C=Cc1ccc(Cc2nc3cc(NC(=O)OC(C)(C)C)ccc3n2C(=O)OC(C)(C)C)cc1. The molecule has 3 aromatic rings. The van der Waals surface area contributed by atoms with Crippen molar-refractivity contribution in [3.63, 3.8) is 0 Å². The third-order valence-corrected chi connectivity index (χ3v) is 4.99. The van der Waals surface area contributed by atoms with Crippen molar-refractivity contribution in [3.8, 4) is 0 Å². The maximum atomic E-state index is 13.2. The molecule has 0 aliphatic heterocycles. The molecular weight excluding hydrogens is 486 g/mol. The summed E-state index contributed by atoms with van der Waals surface area (Å²) >= 11 is 0. The van der Waals surface area contributed by atoms with Gasteiger partial charge < -0.3 is 14.2 Å². The summed E-state index contributed by atoms with van der Waals surface area (Å²) in [5, 5.41) is 2.70. The van der Waals surface area contributed by atoms with Gasteiger partial charge in [-0.05, 0) is 83.9 Å². The number of hydrogen-bond donors (Lipinski definition) is 1. The number of amides is 1. The van der Waals surface area contributed by atoms with Gasteiger partial charge in [0.2, 0.25) is 0 Å². The number of nitrogens with one attached hydrogen (secondary N) is 1. The number of esters is 1. The molecule has 0 saturated heterocycles. The Balaban J connectivity index is 1.91. The van der Waals surface area contributed by atoms with Crippen LogP contribution in [0.1, 0.15) is 65.4 Å². The Hall–Kier alpha value is -4.14. The number of imidazole rings is 1. The fourth-order valence-electron chi connectivity index (χ4n) is 3.54. The molecule has 0 atom stereocenters. The maximum absolute atomic E-state index is 13.2. The summed E-state index contributed by atoms with van der Waals surface area (Å²) in [6, 6.07) is 12.6. The van der Waals surface area contributed by atoms with E-state index in [1.54, 1.807) is 72.7 Å². The highest BCUT2D eigenvalue weighted by Crippen LogP contribution is 2.24. The number of carbonyl (C=O) groups is 3. The van der Waals surface area contributed by atoms with E-state index in [0.717, 1.165) is 11.1 Å². The molecule has 0 saturated carbocycles. The highest BCUT2D eigenvalue weighted by atomic mass is 16.6. The summed E-state index contributed by atoms with van der Waals surface area (Å²) in [5.41, 5.74) is 1.97. The van der Waals surface area contributed by atoms with Crippen molar-refractivity contribution in [2.45, 2.75) is 66.1 Å². The summed E-state index contributed by atoms with van der Waals surface area (Å²) in [6.45, 7) is 12.8. The van der Waals surface area contributed by atoms with E-state index in [0.29, 0.717) is 35.6 Å². The molecule has 0 radical (unpaired) electrons. The summed E-state index contributed by atoms with van der Waals surface area (Å²) in [5.74, 6) is 0.0849. The lowest BCUT2D eigenvalue weighted by Crippen LogP contribution is -2.28. The van der Waals surface area contributed by atoms with Crippen LogP contribution in [-0.4, -0.2) is 45.5 Å². The van der Waals surface area contributed by atoms with Crippen molar-refractivity contribution in [2.24, 2.45) is 0 Å². The summed E-state index contributed by atoms with van der Waals surface area (Å²) in [7, 11) is 0. The van der Waals surface area contributed by atoms with Crippen LogP contribution in [0.4, 0.5) is 15.3 Å². The molecular formula is C29H35N3O6. The predicted molar refractivity (Wildman–Crippen MR) is 146 cm³/mol. The molecule has 1 N–H and O–H groups in total. The van der Waals surface area contributed by atoms with Crippen LogP contribution in [0.25, 0.3) is 17.1 Å². The molecule has 1 amide bonds. The molecule has 0 unspecified atom stereocenters. The van der Waals surface area contributed by atoms with Crippen LogP contribution in [0.3, 0.4) is 0 Å². The van der Waals surface area contributed by atoms with Gasteiger partial charge in [-0.2, -0.15) is 0 Å². The van der Waals surface area contributed by atoms with Gasteiger partial charge in [-0.15, -0.1) is 0 Å². The van der Waals surface area contributed by atoms with Gasteiger partial charge in [-0.1, -0.05) is 24.3 Å². The molecule has 0 aliphatic rings. The Morgan fingerprint density at radius 1 is 0.947 bits per heavy atom. The molecule has 3 rings (SSSR count). The van der Waals surface area contributed by atoms with Crippen molar-refractivity contribution in [1.29, 1.82) is 0 Å². The Bertz CT molecular complexity index is 1340. The second-order valence-corrected chi connectivity index (χ2v) is 10.7. The van der Waals surface area contributed by atoms with Crippen LogP contribution >= 0.6 is 0 Å². The van der Waals surface area contributed by atoms with E-state index in [9.17, 15) is 14.4 Å². The number of nitrogens with zero attached hydrogens (tertiary/aromatic N) is 2. The Morgan fingerprint density at radius 2 is 1.61 bits per heavy atom. The van der Waals surface area contributed by atoms with Crippen molar-refractivity contribution >= 4 is 41.0 Å². The normalized spacial score (nSPS) is 12.0. The minimum Gasteiger partial charge on any atom is -0.463 e. The van der Waals surface area contributed by atoms with Gasteiger partial charge in [0.05, 0.1) is 17.6 Å². The Labute approximate surface area is 222 Å². The smallest absolute Gasteiger partial charge is 0.420 e. The molecule has 9 heteroatoms. The minimum atomic E-state index is -0.698. The second-order valence-electron chi connectivity index (χ2n) is 10.7. The molecule has 38 heavy (non-hydrogen) atoms. The standard InChI is InChI=1S/C29H35N3O6/c1-8-36-25(33)16-13-19-9-11-20(12-10-19)17-24-31-22-18-21(30-26(34)37-28(2,3)4)14-15-23(22)32(24)27(35)38-29(5,6)7/h9-16,18H,8,17H2,1-7H3,(H,30,34). The van der Waals surface area contributed by atoms with Gasteiger partial charge in [-0.25, -0.2) is 23.9 Å². The first-order valence-corrected chi connectivity index (χ1v) is 12.4. The van der Waals surface area contributed by atoms with Crippen molar-refractivity contribution in [3.05, 3.63) is 65.5 Å². The molecule has 202 valence electrons. The first kappa shape index (κ1) is 28.4. The topological polar surface area (TPSA) is 109 Å². The number of fused-ring (bicyclic) bond motifs is 1. The summed E-state index contributed by atoms with van der Waals surface area (Å²) < 4.78 is 17.3. The molecule has 9 nitrogen and oxygen atoms in total. The van der Waals surface area contributed by atoms with Gasteiger partial charge in [0.1, 0.15) is 17.0 Å². The van der Waals surface area contributed by atoms with E-state index in [2.05, 4.69) is 5.32 Å². The zero-order valence-corrected chi connectivity index (χ0v) is 23.0. The zero-order chi connectivity index (χ0) is 28.1. The maximum Gasteiger partial charge on any atom is 0.420 e. The average Bonchev–Trinajstić information content (AvgIpc) is 3.13. The van der Waals surface area contributed by atoms with Crippen LogP contribution < -0.4 is 5.32 Å². The largest absolute Gasteiger partial charge is 0.463 e. The number of ether oxygens (including phenoxy) is 3. The summed E-state index contributed by atoms with van der Waals surface area (Å²) in [6.07, 6.45) is 2.28. The van der Waals surface area contributed by atoms with Gasteiger partial charge >= 0.3 is 18.2 Å². The fourth-order valence-corrected chi connectivity index (χ4v) is 3.54. The Morgan fingerprint density at radius 3 is 2.21 bits per heavy atom. The number of carbonyl (C=O) groups excluding carboxylic acids is 3. The van der Waals surface area contributed by atoms with E-state index in [1.165, 1.54) is 10.6 Å². The number of hydrogen-bond acceptors (Lipinski definition) is 7. The minimum absolute atomic E-state index is 0.319. The van der Waals surface area contributed by atoms with Crippen LogP contribution in [0.5, 0.6) is 0 Å². The number of anilines is 1. The number of aromatic nitrogens is 2. The van der Waals surface area contributed by atoms with Gasteiger partial charge in [0.25, 0.3) is 0 Å². The second kappa shape index (κ2) is 11.5. The first-order valence-electron chi connectivity index (χ1n) is 12.4. The van der Waals surface area contributed by atoms with E-state index in [4.69, 9.17) is 19.2 Å². The lowest BCUT2D eigenvalue weighted by Gasteiger charge is -2.20. The molecule has 1 aromatic heterocycles. The van der Waals surface area contributed by atoms with Gasteiger partial charge in [0, 0.05) is 18.2 Å². The molecule has 0 fully saturated rings. The first-order chi connectivity index (χ1) is 17.7. The quantitative estimate of drug-likeness (QED) is 0.229. The Kier molecular flexibility index (Phi) is 8.60. The van der Waals surface area contributed by atoms with Crippen molar-refractivity contribution in [1.82, 2.24) is 9.55 Å². The monoisotopic (exact) mass is 521 g/mol. The lowest BCUT2D eigenvalue weighted by molar-refractivity contribution is -0.137. The van der Waals surface area contributed by atoms with E-state index in [-0.39, 0.29) is 0 Å². The molecule has 0 spiro atoms. The molecule has 0 bridgehead atoms. The number of benzene rings is 2. The van der Waals surface area contributed by atoms with Gasteiger partial charge in [-0.3, -0.25) is 5.32 Å². The fraction of sp³-hybridized carbons (Fsp3) is 0.379. The van der Waals surface area contributed by atoms with E-state index < -0.39 is 29.4 Å². The van der Waals surface area contributed by atoms with Crippen LogP contribution in [0.2, 0.25) is 0 Å².